The van der Waals surface area contributed by atoms with Crippen LogP contribution in [-0.2, 0) is 6.54 Å². The van der Waals surface area contributed by atoms with Gasteiger partial charge in [0.25, 0.3) is 0 Å². The molecule has 3 aromatic rings. The molecule has 3 heterocycles. The lowest BCUT2D eigenvalue weighted by Gasteiger charge is -1.96. The lowest BCUT2D eigenvalue weighted by atomic mass is 10.2. The smallest absolute Gasteiger partial charge is 0.112 e. The van der Waals surface area contributed by atoms with E-state index >= 15 is 0 Å². The Labute approximate surface area is 111 Å². The summed E-state index contributed by atoms with van der Waals surface area (Å²) < 4.78 is 2.92. The number of H-pyrrole nitrogens is 1. The summed E-state index contributed by atoms with van der Waals surface area (Å²) in [4.78, 5) is 4.40. The van der Waals surface area contributed by atoms with Crippen LogP contribution in [0.2, 0.25) is 0 Å². The van der Waals surface area contributed by atoms with E-state index in [0.29, 0.717) is 0 Å². The number of aryl methyl sites for hydroxylation is 1. The summed E-state index contributed by atoms with van der Waals surface area (Å²) in [6.45, 7) is 2.93. The summed E-state index contributed by atoms with van der Waals surface area (Å²) in [6, 6.07) is 2.04. The predicted octanol–water partition coefficient (Wildman–Crippen LogP) is 2.45. The van der Waals surface area contributed by atoms with E-state index in [4.69, 9.17) is 0 Å². The van der Waals surface area contributed by atoms with Crippen LogP contribution in [0.5, 0.6) is 0 Å². The van der Waals surface area contributed by atoms with Gasteiger partial charge in [-0.3, -0.25) is 14.8 Å². The molecule has 0 aliphatic rings. The van der Waals surface area contributed by atoms with Gasteiger partial charge < -0.3 is 0 Å². The topological polar surface area (TPSA) is 59.4 Å². The van der Waals surface area contributed by atoms with Crippen molar-refractivity contribution in [1.82, 2.24) is 25.0 Å². The average molecular weight is 339 g/mol. The molecule has 3 aromatic heterocycles. The molecule has 1 N–H and O–H groups in total. The Bertz CT molecular complexity index is 669. The number of halogens is 1. The molecule has 5 nitrogen and oxygen atoms in total. The van der Waals surface area contributed by atoms with Gasteiger partial charge in [-0.2, -0.15) is 10.2 Å². The minimum atomic E-state index is 0.867. The number of hydrogen-bond acceptors (Lipinski definition) is 3. The third-order valence-electron chi connectivity index (χ3n) is 2.65. The van der Waals surface area contributed by atoms with Crippen LogP contribution in [0.15, 0.2) is 24.7 Å². The first kappa shape index (κ1) is 10.7. The van der Waals surface area contributed by atoms with Crippen molar-refractivity contribution < 1.29 is 0 Å². The molecule has 0 saturated carbocycles. The molecule has 0 fully saturated rings. The maximum absolute atomic E-state index is 4.40. The molecule has 0 radical (unpaired) electrons. The van der Waals surface area contributed by atoms with Gasteiger partial charge in [-0.1, -0.05) is 0 Å². The first-order valence-corrected chi connectivity index (χ1v) is 6.38. The number of aromatic amines is 1. The fourth-order valence-electron chi connectivity index (χ4n) is 1.71. The summed E-state index contributed by atoms with van der Waals surface area (Å²) in [5.74, 6) is 0. The van der Waals surface area contributed by atoms with Crippen molar-refractivity contribution in [3.05, 3.63) is 28.4 Å². The molecule has 86 valence electrons. The number of fused-ring (bicyclic) bond motifs is 1. The lowest BCUT2D eigenvalue weighted by molar-refractivity contribution is 0.660. The second kappa shape index (κ2) is 4.10. The van der Waals surface area contributed by atoms with Gasteiger partial charge in [0.15, 0.2) is 0 Å². The highest BCUT2D eigenvalue weighted by Crippen LogP contribution is 2.23. The minimum Gasteiger partial charge on any atom is -0.272 e. The van der Waals surface area contributed by atoms with Gasteiger partial charge in [0.05, 0.1) is 18.1 Å². The van der Waals surface area contributed by atoms with Crippen molar-refractivity contribution in [1.29, 1.82) is 0 Å². The fourth-order valence-corrected chi connectivity index (χ4v) is 2.26. The van der Waals surface area contributed by atoms with Gasteiger partial charge in [0, 0.05) is 23.7 Å². The van der Waals surface area contributed by atoms with Gasteiger partial charge in [0.1, 0.15) is 9.22 Å². The highest BCUT2D eigenvalue weighted by atomic mass is 127. The van der Waals surface area contributed by atoms with Crippen LogP contribution in [0, 0.1) is 3.70 Å². The second-order valence-electron chi connectivity index (χ2n) is 3.71. The quantitative estimate of drug-likeness (QED) is 0.730. The van der Waals surface area contributed by atoms with E-state index in [1.54, 1.807) is 6.20 Å². The zero-order valence-electron chi connectivity index (χ0n) is 9.18. The van der Waals surface area contributed by atoms with E-state index in [-0.39, 0.29) is 0 Å². The maximum Gasteiger partial charge on any atom is 0.112 e. The molecule has 0 aliphatic heterocycles. The van der Waals surface area contributed by atoms with Crippen LogP contribution in [0.3, 0.4) is 0 Å². The van der Waals surface area contributed by atoms with Gasteiger partial charge >= 0.3 is 0 Å². The molecule has 6 heteroatoms. The molecule has 0 aliphatic carbocycles. The molecule has 0 spiro atoms. The lowest BCUT2D eigenvalue weighted by Crippen LogP contribution is -1.92. The predicted molar refractivity (Wildman–Crippen MR) is 73.5 cm³/mol. The standard InChI is InChI=1S/C11H10IN5/c1-2-17-6-7(4-14-17)9-3-8-10(5-13-9)15-16-11(8)12/h3-6H,2H2,1H3,(H,15,16). The molecular formula is C11H10IN5. The fraction of sp³-hybridized carbons (Fsp3) is 0.182. The van der Waals surface area contributed by atoms with E-state index in [0.717, 1.165) is 32.4 Å². The summed E-state index contributed by atoms with van der Waals surface area (Å²) >= 11 is 2.24. The van der Waals surface area contributed by atoms with Crippen LogP contribution in [-0.4, -0.2) is 25.0 Å². The van der Waals surface area contributed by atoms with Crippen LogP contribution < -0.4 is 0 Å². The van der Waals surface area contributed by atoms with Crippen molar-refractivity contribution in [3.63, 3.8) is 0 Å². The number of pyridine rings is 1. The monoisotopic (exact) mass is 339 g/mol. The molecular weight excluding hydrogens is 329 g/mol. The van der Waals surface area contributed by atoms with Crippen molar-refractivity contribution in [3.8, 4) is 11.3 Å². The Morgan fingerprint density at radius 1 is 1.41 bits per heavy atom. The Hall–Kier alpha value is -1.44. The Kier molecular flexibility index (Phi) is 2.58. The highest BCUT2D eigenvalue weighted by molar-refractivity contribution is 14.1. The summed E-state index contributed by atoms with van der Waals surface area (Å²) in [5, 5.41) is 12.5. The summed E-state index contributed by atoms with van der Waals surface area (Å²) in [7, 11) is 0. The molecule has 3 rings (SSSR count). The van der Waals surface area contributed by atoms with Crippen LogP contribution in [0.25, 0.3) is 22.2 Å². The zero-order chi connectivity index (χ0) is 11.8. The van der Waals surface area contributed by atoms with E-state index < -0.39 is 0 Å². The first-order chi connectivity index (χ1) is 8.28. The van der Waals surface area contributed by atoms with Gasteiger partial charge in [0.2, 0.25) is 0 Å². The van der Waals surface area contributed by atoms with E-state index in [9.17, 15) is 0 Å². The Morgan fingerprint density at radius 3 is 3.06 bits per heavy atom. The van der Waals surface area contributed by atoms with Gasteiger partial charge in [-0.25, -0.2) is 0 Å². The van der Waals surface area contributed by atoms with Crippen molar-refractivity contribution >= 4 is 33.5 Å². The summed E-state index contributed by atoms with van der Waals surface area (Å²) in [6.07, 6.45) is 5.62. The first-order valence-electron chi connectivity index (χ1n) is 5.30. The van der Waals surface area contributed by atoms with Crippen LogP contribution in [0.1, 0.15) is 6.92 Å². The van der Waals surface area contributed by atoms with Crippen molar-refractivity contribution in [2.24, 2.45) is 0 Å². The number of aromatic nitrogens is 5. The molecule has 0 bridgehead atoms. The molecule has 0 atom stereocenters. The number of nitrogens with zero attached hydrogens (tertiary/aromatic N) is 4. The SMILES string of the molecule is CCn1cc(-c2cc3c(I)[nH]nc3cn2)cn1. The molecule has 0 amide bonds. The second-order valence-corrected chi connectivity index (χ2v) is 4.79. The molecule has 17 heavy (non-hydrogen) atoms. The molecule has 0 unspecified atom stereocenters. The van der Waals surface area contributed by atoms with E-state index in [2.05, 4.69) is 49.8 Å². The summed E-state index contributed by atoms with van der Waals surface area (Å²) in [5.41, 5.74) is 2.85. The Morgan fingerprint density at radius 2 is 2.29 bits per heavy atom. The van der Waals surface area contributed by atoms with E-state index in [1.165, 1.54) is 0 Å². The average Bonchev–Trinajstić information content (AvgIpc) is 2.96. The number of rotatable bonds is 2. The molecule has 0 saturated heterocycles. The normalized spacial score (nSPS) is 11.2. The zero-order valence-corrected chi connectivity index (χ0v) is 11.3. The van der Waals surface area contributed by atoms with Crippen LogP contribution >= 0.6 is 22.6 Å². The van der Waals surface area contributed by atoms with Crippen molar-refractivity contribution in [2.45, 2.75) is 13.5 Å². The van der Waals surface area contributed by atoms with Gasteiger partial charge in [-0.05, 0) is 35.6 Å². The number of nitrogens with one attached hydrogen (secondary N) is 1. The third kappa shape index (κ3) is 1.82. The Balaban J connectivity index is 2.13. The van der Waals surface area contributed by atoms with E-state index in [1.807, 2.05) is 23.1 Å². The van der Waals surface area contributed by atoms with Gasteiger partial charge in [-0.15, -0.1) is 0 Å². The van der Waals surface area contributed by atoms with Crippen molar-refractivity contribution in [2.75, 3.05) is 0 Å². The number of hydrogen-bond donors (Lipinski definition) is 1. The molecule has 0 aromatic carbocycles. The third-order valence-corrected chi connectivity index (χ3v) is 3.47. The van der Waals surface area contributed by atoms with Crippen LogP contribution in [0.4, 0.5) is 0 Å². The highest BCUT2D eigenvalue weighted by Gasteiger charge is 2.07. The minimum absolute atomic E-state index is 0.867. The maximum atomic E-state index is 4.40. The largest absolute Gasteiger partial charge is 0.272 e.